The third-order valence-corrected chi connectivity index (χ3v) is 1.23. The number of carbonyl (C=O) groups is 1. The topological polar surface area (TPSA) is 35.5 Å². The number of alkyl halides is 5. The minimum Gasteiger partial charge on any atom is -0.463 e. The van der Waals surface area contributed by atoms with Crippen molar-refractivity contribution in [3.63, 3.8) is 0 Å². The summed E-state index contributed by atoms with van der Waals surface area (Å²) < 4.78 is 67.1. The normalized spacial score (nSPS) is 13.6. The monoisotopic (exact) mass is 248 g/mol. The first-order valence-electron chi connectivity index (χ1n) is 4.08. The van der Waals surface area contributed by atoms with Crippen LogP contribution in [0.3, 0.4) is 0 Å². The second-order valence-corrected chi connectivity index (χ2v) is 2.62. The molecule has 16 heavy (non-hydrogen) atoms. The zero-order valence-corrected chi connectivity index (χ0v) is 8.40. The molecule has 0 aromatic heterocycles. The molecular formula is C8H9F5O3. The molecule has 0 aliphatic carbocycles. The molecule has 0 rings (SSSR count). The highest BCUT2D eigenvalue weighted by Gasteiger charge is 2.61. The molecule has 0 fully saturated rings. The minimum atomic E-state index is -5.84. The lowest BCUT2D eigenvalue weighted by molar-refractivity contribution is -0.379. The van der Waals surface area contributed by atoms with Gasteiger partial charge in [-0.05, 0) is 13.8 Å². The molecule has 3 nitrogen and oxygen atoms in total. The molecule has 0 N–H and O–H groups in total. The third kappa shape index (κ3) is 4.45. The highest BCUT2D eigenvalue weighted by Crippen LogP contribution is 2.37. The molecule has 0 saturated heterocycles. The molecule has 0 aliphatic rings. The Hall–Kier alpha value is -1.34. The highest BCUT2D eigenvalue weighted by atomic mass is 19.4. The van der Waals surface area contributed by atoms with Crippen LogP contribution >= 0.6 is 0 Å². The maximum atomic E-state index is 12.3. The van der Waals surface area contributed by atoms with Crippen molar-refractivity contribution in [2.45, 2.75) is 26.1 Å². The van der Waals surface area contributed by atoms with Crippen LogP contribution in [0.15, 0.2) is 11.8 Å². The molecule has 0 bridgehead atoms. The second-order valence-electron chi connectivity index (χ2n) is 2.62. The predicted octanol–water partition coefficient (Wildman–Crippen LogP) is 2.63. The summed E-state index contributed by atoms with van der Waals surface area (Å²) in [6.45, 7) is 2.21. The number of hydrogen-bond donors (Lipinski definition) is 0. The zero-order valence-electron chi connectivity index (χ0n) is 8.40. The van der Waals surface area contributed by atoms with Crippen molar-refractivity contribution < 1.29 is 36.2 Å². The molecule has 0 atom stereocenters. The first kappa shape index (κ1) is 14.7. The summed E-state index contributed by atoms with van der Waals surface area (Å²) in [5.74, 6) is -1.95. The highest BCUT2D eigenvalue weighted by molar-refractivity contribution is 5.82. The number of rotatable bonds is 4. The van der Waals surface area contributed by atoms with Gasteiger partial charge in [0.25, 0.3) is 0 Å². The van der Waals surface area contributed by atoms with Gasteiger partial charge in [0.05, 0.1) is 12.7 Å². The zero-order chi connectivity index (χ0) is 13.0. The molecule has 0 radical (unpaired) electrons. The Morgan fingerprint density at radius 3 is 2.12 bits per heavy atom. The van der Waals surface area contributed by atoms with E-state index >= 15 is 0 Å². The van der Waals surface area contributed by atoms with Gasteiger partial charge < -0.3 is 9.47 Å². The van der Waals surface area contributed by atoms with Gasteiger partial charge in [0.1, 0.15) is 5.76 Å². The van der Waals surface area contributed by atoms with Crippen LogP contribution in [0.1, 0.15) is 13.8 Å². The number of allylic oxidation sites excluding steroid dienone is 1. The largest absolute Gasteiger partial charge is 0.498 e. The summed E-state index contributed by atoms with van der Waals surface area (Å²) in [6, 6.07) is 0. The standard InChI is InChI=1S/C8H9F5O3/c1-3-15-6(14)4-5(2)16-8(12,13)7(9,10)11/h4H,3H2,1-2H3/b5-4-. The summed E-state index contributed by atoms with van der Waals surface area (Å²) in [5, 5.41) is 0. The molecule has 0 saturated carbocycles. The lowest BCUT2D eigenvalue weighted by atomic mass is 10.4. The number of hydrogen-bond acceptors (Lipinski definition) is 3. The van der Waals surface area contributed by atoms with Crippen LogP contribution in [0.4, 0.5) is 22.0 Å². The van der Waals surface area contributed by atoms with E-state index in [1.807, 2.05) is 0 Å². The van der Waals surface area contributed by atoms with Gasteiger partial charge in [0, 0.05) is 0 Å². The number of carbonyl (C=O) groups excluding carboxylic acids is 1. The fourth-order valence-corrected chi connectivity index (χ4v) is 0.639. The summed E-state index contributed by atoms with van der Waals surface area (Å²) in [4.78, 5) is 10.7. The van der Waals surface area contributed by atoms with Crippen molar-refractivity contribution in [3.05, 3.63) is 11.8 Å². The van der Waals surface area contributed by atoms with E-state index in [0.29, 0.717) is 6.08 Å². The van der Waals surface area contributed by atoms with E-state index in [4.69, 9.17) is 0 Å². The molecule has 0 aliphatic heterocycles. The van der Waals surface area contributed by atoms with Gasteiger partial charge in [-0.1, -0.05) is 0 Å². The van der Waals surface area contributed by atoms with E-state index in [9.17, 15) is 26.7 Å². The van der Waals surface area contributed by atoms with Crippen LogP contribution in [0, 0.1) is 0 Å². The van der Waals surface area contributed by atoms with Crippen molar-refractivity contribution in [2.75, 3.05) is 6.61 Å². The Balaban J connectivity index is 4.56. The van der Waals surface area contributed by atoms with Crippen LogP contribution < -0.4 is 0 Å². The summed E-state index contributed by atoms with van der Waals surface area (Å²) in [5.41, 5.74) is 0. The fraction of sp³-hybridized carbons (Fsp3) is 0.625. The van der Waals surface area contributed by atoms with E-state index in [-0.39, 0.29) is 6.61 Å². The third-order valence-electron chi connectivity index (χ3n) is 1.23. The van der Waals surface area contributed by atoms with Crippen LogP contribution in [0.5, 0.6) is 0 Å². The van der Waals surface area contributed by atoms with Crippen LogP contribution in [-0.4, -0.2) is 24.9 Å². The van der Waals surface area contributed by atoms with Gasteiger partial charge in [-0.25, -0.2) is 4.79 Å². The summed E-state index contributed by atoms with van der Waals surface area (Å²) in [6.07, 6.45) is -10.8. The Bertz CT molecular complexity index is 282. The van der Waals surface area contributed by atoms with Gasteiger partial charge in [0.15, 0.2) is 0 Å². The van der Waals surface area contributed by atoms with E-state index in [1.54, 1.807) is 0 Å². The Morgan fingerprint density at radius 2 is 1.75 bits per heavy atom. The molecule has 0 amide bonds. The van der Waals surface area contributed by atoms with Crippen molar-refractivity contribution in [1.29, 1.82) is 0 Å². The van der Waals surface area contributed by atoms with Gasteiger partial charge in [-0.3, -0.25) is 0 Å². The summed E-state index contributed by atoms with van der Waals surface area (Å²) >= 11 is 0. The van der Waals surface area contributed by atoms with Gasteiger partial charge in [0.2, 0.25) is 0 Å². The van der Waals surface area contributed by atoms with Gasteiger partial charge in [-0.15, -0.1) is 0 Å². The number of halogens is 5. The average Bonchev–Trinajstić information content (AvgIpc) is 1.99. The van der Waals surface area contributed by atoms with E-state index in [1.165, 1.54) is 6.92 Å². The van der Waals surface area contributed by atoms with Gasteiger partial charge >= 0.3 is 18.3 Å². The maximum Gasteiger partial charge on any atom is 0.498 e. The quantitative estimate of drug-likeness (QED) is 0.332. The van der Waals surface area contributed by atoms with E-state index in [0.717, 1.165) is 6.92 Å². The van der Waals surface area contributed by atoms with E-state index < -0.39 is 24.0 Å². The average molecular weight is 248 g/mol. The van der Waals surface area contributed by atoms with Crippen molar-refractivity contribution in [2.24, 2.45) is 0 Å². The van der Waals surface area contributed by atoms with Crippen molar-refractivity contribution >= 4 is 5.97 Å². The Morgan fingerprint density at radius 1 is 1.25 bits per heavy atom. The molecule has 0 unspecified atom stereocenters. The van der Waals surface area contributed by atoms with Gasteiger partial charge in [-0.2, -0.15) is 22.0 Å². The minimum absolute atomic E-state index is 0.0295. The van der Waals surface area contributed by atoms with Crippen LogP contribution in [0.25, 0.3) is 0 Å². The molecule has 94 valence electrons. The molecule has 0 aromatic carbocycles. The fourth-order valence-electron chi connectivity index (χ4n) is 0.639. The molecule has 0 heterocycles. The van der Waals surface area contributed by atoms with Crippen molar-refractivity contribution in [3.8, 4) is 0 Å². The number of ether oxygens (including phenoxy) is 2. The Kier molecular flexibility index (Phi) is 4.70. The number of esters is 1. The molecule has 0 spiro atoms. The first-order valence-corrected chi connectivity index (χ1v) is 4.08. The molecule has 0 aromatic rings. The molecule has 8 heteroatoms. The van der Waals surface area contributed by atoms with Crippen LogP contribution in [-0.2, 0) is 14.3 Å². The molecular weight excluding hydrogens is 239 g/mol. The first-order chi connectivity index (χ1) is 7.10. The van der Waals surface area contributed by atoms with E-state index in [2.05, 4.69) is 9.47 Å². The SMILES string of the molecule is CCOC(=O)/C=C(/C)OC(F)(F)C(F)(F)F. The summed E-state index contributed by atoms with van der Waals surface area (Å²) in [7, 11) is 0. The second kappa shape index (κ2) is 5.13. The maximum absolute atomic E-state index is 12.3. The smallest absolute Gasteiger partial charge is 0.463 e. The predicted molar refractivity (Wildman–Crippen MR) is 42.5 cm³/mol. The Labute approximate surface area is 87.8 Å². The lowest BCUT2D eigenvalue weighted by Crippen LogP contribution is -2.38. The lowest BCUT2D eigenvalue weighted by Gasteiger charge is -2.20. The van der Waals surface area contributed by atoms with Crippen molar-refractivity contribution in [1.82, 2.24) is 0 Å². The van der Waals surface area contributed by atoms with Crippen LogP contribution in [0.2, 0.25) is 0 Å².